The SMILES string of the molecule is Cc1nn(-c2ccccc2)c(Cl)c1C(=O)Nc1ccc(OC(F)F)cc1. The molecule has 3 rings (SSSR count). The molecule has 0 aliphatic rings. The predicted octanol–water partition coefficient (Wildman–Crippen LogP) is 4.69. The third kappa shape index (κ3) is 3.83. The van der Waals surface area contributed by atoms with Gasteiger partial charge in [0.05, 0.1) is 11.4 Å². The number of aryl methyl sites for hydroxylation is 1. The van der Waals surface area contributed by atoms with Gasteiger partial charge in [0.15, 0.2) is 0 Å². The fraction of sp³-hybridized carbons (Fsp3) is 0.111. The molecule has 5 nitrogen and oxygen atoms in total. The van der Waals surface area contributed by atoms with E-state index in [0.717, 1.165) is 5.69 Å². The smallest absolute Gasteiger partial charge is 0.387 e. The molecule has 0 bridgehead atoms. The van der Waals surface area contributed by atoms with Crippen molar-refractivity contribution in [3.63, 3.8) is 0 Å². The van der Waals surface area contributed by atoms with Crippen molar-refractivity contribution in [3.8, 4) is 11.4 Å². The Morgan fingerprint density at radius 1 is 1.15 bits per heavy atom. The van der Waals surface area contributed by atoms with E-state index in [0.29, 0.717) is 11.4 Å². The molecular weight excluding hydrogens is 364 g/mol. The number of para-hydroxylation sites is 1. The molecule has 1 heterocycles. The summed E-state index contributed by atoms with van der Waals surface area (Å²) in [6, 6.07) is 14.8. The van der Waals surface area contributed by atoms with Crippen LogP contribution in [0.25, 0.3) is 5.69 Å². The van der Waals surface area contributed by atoms with Crippen LogP contribution in [0.4, 0.5) is 14.5 Å². The zero-order valence-electron chi connectivity index (χ0n) is 13.6. The van der Waals surface area contributed by atoms with E-state index in [1.165, 1.54) is 28.9 Å². The summed E-state index contributed by atoms with van der Waals surface area (Å²) in [4.78, 5) is 12.6. The van der Waals surface area contributed by atoms with Gasteiger partial charge in [-0.25, -0.2) is 4.68 Å². The number of halogens is 3. The largest absolute Gasteiger partial charge is 0.435 e. The second-order valence-corrected chi connectivity index (χ2v) is 5.71. The lowest BCUT2D eigenvalue weighted by Crippen LogP contribution is -2.13. The van der Waals surface area contributed by atoms with Gasteiger partial charge in [-0.3, -0.25) is 4.79 Å². The predicted molar refractivity (Wildman–Crippen MR) is 94.3 cm³/mol. The molecule has 134 valence electrons. The Bertz CT molecular complexity index is 912. The summed E-state index contributed by atoms with van der Waals surface area (Å²) in [7, 11) is 0. The first-order chi connectivity index (χ1) is 12.5. The van der Waals surface area contributed by atoms with Crippen LogP contribution in [-0.2, 0) is 0 Å². The van der Waals surface area contributed by atoms with Crippen LogP contribution in [0.5, 0.6) is 5.75 Å². The normalized spacial score (nSPS) is 10.8. The van der Waals surface area contributed by atoms with Crippen molar-refractivity contribution in [2.45, 2.75) is 13.5 Å². The molecule has 0 radical (unpaired) electrons. The van der Waals surface area contributed by atoms with Gasteiger partial charge in [0, 0.05) is 5.69 Å². The lowest BCUT2D eigenvalue weighted by atomic mass is 10.2. The van der Waals surface area contributed by atoms with Gasteiger partial charge in [0.2, 0.25) is 0 Å². The summed E-state index contributed by atoms with van der Waals surface area (Å²) >= 11 is 6.34. The van der Waals surface area contributed by atoms with E-state index in [1.54, 1.807) is 6.92 Å². The standard InChI is InChI=1S/C18H14ClF2N3O2/c1-11-15(16(19)24(23-11)13-5-3-2-4-6-13)17(25)22-12-7-9-14(10-8-12)26-18(20)21/h2-10,18H,1H3,(H,22,25). The van der Waals surface area contributed by atoms with Crippen LogP contribution in [-0.4, -0.2) is 22.3 Å². The summed E-state index contributed by atoms with van der Waals surface area (Å²) in [6.45, 7) is -1.22. The number of alkyl halides is 2. The molecule has 1 amide bonds. The highest BCUT2D eigenvalue weighted by molar-refractivity contribution is 6.34. The number of aromatic nitrogens is 2. The first kappa shape index (κ1) is 17.9. The molecule has 0 saturated heterocycles. The Morgan fingerprint density at radius 3 is 2.42 bits per heavy atom. The highest BCUT2D eigenvalue weighted by atomic mass is 35.5. The molecule has 8 heteroatoms. The number of rotatable bonds is 5. The van der Waals surface area contributed by atoms with Crippen LogP contribution < -0.4 is 10.1 Å². The number of carbonyl (C=O) groups excluding carboxylic acids is 1. The fourth-order valence-corrected chi connectivity index (χ4v) is 2.77. The summed E-state index contributed by atoms with van der Waals surface area (Å²) in [5.74, 6) is -0.443. The van der Waals surface area contributed by atoms with E-state index in [-0.39, 0.29) is 16.5 Å². The average molecular weight is 378 g/mol. The van der Waals surface area contributed by atoms with Crippen LogP contribution in [0.3, 0.4) is 0 Å². The van der Waals surface area contributed by atoms with Crippen molar-refractivity contribution in [2.75, 3.05) is 5.32 Å². The summed E-state index contributed by atoms with van der Waals surface area (Å²) < 4.78 is 30.1. The van der Waals surface area contributed by atoms with E-state index in [9.17, 15) is 13.6 Å². The first-order valence-electron chi connectivity index (χ1n) is 7.62. The van der Waals surface area contributed by atoms with Gasteiger partial charge in [0.1, 0.15) is 16.5 Å². The van der Waals surface area contributed by atoms with Gasteiger partial charge < -0.3 is 10.1 Å². The molecule has 2 aromatic carbocycles. The highest BCUT2D eigenvalue weighted by Crippen LogP contribution is 2.25. The van der Waals surface area contributed by atoms with Gasteiger partial charge >= 0.3 is 6.61 Å². The van der Waals surface area contributed by atoms with Gasteiger partial charge in [-0.15, -0.1) is 0 Å². The van der Waals surface area contributed by atoms with Crippen LogP contribution in [0.2, 0.25) is 5.15 Å². The average Bonchev–Trinajstić information content (AvgIpc) is 2.91. The maximum absolute atomic E-state index is 12.6. The lowest BCUT2D eigenvalue weighted by Gasteiger charge is -2.08. The van der Waals surface area contributed by atoms with E-state index >= 15 is 0 Å². The minimum absolute atomic E-state index is 0.00380. The van der Waals surface area contributed by atoms with E-state index in [2.05, 4.69) is 15.2 Å². The van der Waals surface area contributed by atoms with Crippen LogP contribution in [0, 0.1) is 6.92 Å². The molecule has 0 fully saturated rings. The third-order valence-electron chi connectivity index (χ3n) is 3.57. The molecular formula is C18H14ClF2N3O2. The number of ether oxygens (including phenoxy) is 1. The van der Waals surface area contributed by atoms with Crippen molar-refractivity contribution in [1.82, 2.24) is 9.78 Å². The van der Waals surface area contributed by atoms with Gasteiger partial charge in [0.25, 0.3) is 5.91 Å². The molecule has 3 aromatic rings. The quantitative estimate of drug-likeness (QED) is 0.702. The number of nitrogens with zero attached hydrogens (tertiary/aromatic N) is 2. The van der Waals surface area contributed by atoms with Crippen molar-refractivity contribution in [3.05, 3.63) is 71.0 Å². The van der Waals surface area contributed by atoms with Crippen LogP contribution in [0.1, 0.15) is 16.1 Å². The molecule has 0 aliphatic heterocycles. The number of carbonyl (C=O) groups is 1. The number of benzene rings is 2. The summed E-state index contributed by atoms with van der Waals surface area (Å²) in [5, 5.41) is 7.16. The van der Waals surface area contributed by atoms with E-state index in [1.807, 2.05) is 30.3 Å². The molecule has 1 N–H and O–H groups in total. The summed E-state index contributed by atoms with van der Waals surface area (Å²) in [6.07, 6.45) is 0. The number of nitrogens with one attached hydrogen (secondary N) is 1. The van der Waals surface area contributed by atoms with Crippen molar-refractivity contribution in [2.24, 2.45) is 0 Å². The molecule has 0 atom stereocenters. The fourth-order valence-electron chi connectivity index (χ4n) is 2.41. The second kappa shape index (κ2) is 7.53. The minimum Gasteiger partial charge on any atom is -0.435 e. The van der Waals surface area contributed by atoms with Crippen LogP contribution >= 0.6 is 11.6 Å². The molecule has 1 aromatic heterocycles. The van der Waals surface area contributed by atoms with Gasteiger partial charge in [-0.05, 0) is 43.3 Å². The topological polar surface area (TPSA) is 56.2 Å². The number of hydrogen-bond donors (Lipinski definition) is 1. The Kier molecular flexibility index (Phi) is 5.18. The molecule has 0 unspecified atom stereocenters. The molecule has 0 aliphatic carbocycles. The number of anilines is 1. The second-order valence-electron chi connectivity index (χ2n) is 5.36. The monoisotopic (exact) mass is 377 g/mol. The molecule has 26 heavy (non-hydrogen) atoms. The minimum atomic E-state index is -2.90. The first-order valence-corrected chi connectivity index (χ1v) is 8.00. The maximum Gasteiger partial charge on any atom is 0.387 e. The van der Waals surface area contributed by atoms with E-state index in [4.69, 9.17) is 11.6 Å². The zero-order chi connectivity index (χ0) is 18.7. The Morgan fingerprint density at radius 2 is 1.81 bits per heavy atom. The van der Waals surface area contributed by atoms with Gasteiger partial charge in [-0.2, -0.15) is 13.9 Å². The third-order valence-corrected chi connectivity index (χ3v) is 3.92. The molecule has 0 spiro atoms. The Hall–Kier alpha value is -2.93. The zero-order valence-corrected chi connectivity index (χ0v) is 14.4. The highest BCUT2D eigenvalue weighted by Gasteiger charge is 2.21. The maximum atomic E-state index is 12.6. The van der Waals surface area contributed by atoms with Crippen molar-refractivity contribution < 1.29 is 18.3 Å². The van der Waals surface area contributed by atoms with Gasteiger partial charge in [-0.1, -0.05) is 29.8 Å². The number of amides is 1. The molecule has 0 saturated carbocycles. The lowest BCUT2D eigenvalue weighted by molar-refractivity contribution is -0.0498. The van der Waals surface area contributed by atoms with Crippen molar-refractivity contribution in [1.29, 1.82) is 0 Å². The van der Waals surface area contributed by atoms with Crippen LogP contribution in [0.15, 0.2) is 54.6 Å². The Labute approximate surface area is 153 Å². The number of hydrogen-bond acceptors (Lipinski definition) is 3. The summed E-state index contributed by atoms with van der Waals surface area (Å²) in [5.41, 5.74) is 1.85. The Balaban J connectivity index is 1.81. The van der Waals surface area contributed by atoms with E-state index < -0.39 is 12.5 Å². The van der Waals surface area contributed by atoms with Crippen molar-refractivity contribution >= 4 is 23.2 Å².